The molecule has 0 bridgehead atoms. The summed E-state index contributed by atoms with van der Waals surface area (Å²) in [5.41, 5.74) is 0. The van der Waals surface area contributed by atoms with Gasteiger partial charge < -0.3 is 15.0 Å². The van der Waals surface area contributed by atoms with Crippen molar-refractivity contribution in [3.8, 4) is 5.88 Å². The van der Waals surface area contributed by atoms with E-state index >= 15 is 0 Å². The molecule has 1 atom stereocenters. The van der Waals surface area contributed by atoms with Gasteiger partial charge in [0.1, 0.15) is 12.1 Å². The Morgan fingerprint density at radius 2 is 2.05 bits per heavy atom. The minimum Gasteiger partial charge on any atom is -0.478 e. The van der Waals surface area contributed by atoms with Gasteiger partial charge in [0, 0.05) is 44.8 Å². The third kappa shape index (κ3) is 4.31. The number of nitrogens with zero attached hydrogens (tertiary/aromatic N) is 4. The Hall–Kier alpha value is -1.40. The van der Waals surface area contributed by atoms with E-state index in [0.29, 0.717) is 18.5 Å². The van der Waals surface area contributed by atoms with Crippen LogP contribution in [0.4, 0.5) is 5.82 Å². The van der Waals surface area contributed by atoms with Gasteiger partial charge in [0.15, 0.2) is 0 Å². The molecule has 0 spiro atoms. The zero-order valence-electron chi connectivity index (χ0n) is 12.7. The molecule has 2 heterocycles. The van der Waals surface area contributed by atoms with Gasteiger partial charge in [-0.3, -0.25) is 4.90 Å². The first kappa shape index (κ1) is 15.0. The van der Waals surface area contributed by atoms with Gasteiger partial charge in [-0.05, 0) is 20.9 Å². The van der Waals surface area contributed by atoms with Crippen molar-refractivity contribution in [3.63, 3.8) is 0 Å². The van der Waals surface area contributed by atoms with Crippen LogP contribution in [0, 0.1) is 0 Å². The average molecular weight is 279 g/mol. The summed E-state index contributed by atoms with van der Waals surface area (Å²) >= 11 is 0. The normalized spacial score (nSPS) is 18.8. The number of hydrogen-bond acceptors (Lipinski definition) is 6. The van der Waals surface area contributed by atoms with E-state index < -0.39 is 0 Å². The SMILES string of the molecule is CCOc1cc(NCC(C)N2CCN(C)CC2)ncn1. The maximum absolute atomic E-state index is 5.37. The van der Waals surface area contributed by atoms with Crippen LogP contribution in [0.3, 0.4) is 0 Å². The van der Waals surface area contributed by atoms with Crippen LogP contribution < -0.4 is 10.1 Å². The van der Waals surface area contributed by atoms with Crippen LogP contribution >= 0.6 is 0 Å². The predicted molar refractivity (Wildman–Crippen MR) is 80.2 cm³/mol. The Morgan fingerprint density at radius 3 is 2.75 bits per heavy atom. The number of hydrogen-bond donors (Lipinski definition) is 1. The van der Waals surface area contributed by atoms with E-state index in [1.807, 2.05) is 13.0 Å². The first-order valence-corrected chi connectivity index (χ1v) is 7.30. The highest BCUT2D eigenvalue weighted by Gasteiger charge is 2.18. The van der Waals surface area contributed by atoms with E-state index in [0.717, 1.165) is 38.5 Å². The summed E-state index contributed by atoms with van der Waals surface area (Å²) in [5.74, 6) is 1.45. The predicted octanol–water partition coefficient (Wildman–Crippen LogP) is 0.923. The standard InChI is InChI=1S/C14H25N5O/c1-4-20-14-9-13(16-11-17-14)15-10-12(2)19-7-5-18(3)6-8-19/h9,11-12H,4-8,10H2,1-3H3,(H,15,16,17). The van der Waals surface area contributed by atoms with Crippen LogP contribution in [-0.2, 0) is 0 Å². The van der Waals surface area contributed by atoms with E-state index in [1.54, 1.807) is 0 Å². The molecule has 1 unspecified atom stereocenters. The fraction of sp³-hybridized carbons (Fsp3) is 0.714. The molecule has 1 fully saturated rings. The molecule has 1 aromatic rings. The molecule has 6 heteroatoms. The van der Waals surface area contributed by atoms with Crippen molar-refractivity contribution in [2.75, 3.05) is 51.7 Å². The van der Waals surface area contributed by atoms with Crippen LogP contribution in [0.5, 0.6) is 5.88 Å². The van der Waals surface area contributed by atoms with E-state index in [-0.39, 0.29) is 0 Å². The summed E-state index contributed by atoms with van der Waals surface area (Å²) in [6, 6.07) is 2.34. The second-order valence-electron chi connectivity index (χ2n) is 5.24. The number of anilines is 1. The van der Waals surface area contributed by atoms with Crippen LogP contribution in [0.1, 0.15) is 13.8 Å². The van der Waals surface area contributed by atoms with Gasteiger partial charge in [-0.2, -0.15) is 0 Å². The number of rotatable bonds is 6. The molecule has 2 rings (SSSR count). The Morgan fingerprint density at radius 1 is 1.30 bits per heavy atom. The van der Waals surface area contributed by atoms with Gasteiger partial charge in [0.05, 0.1) is 6.61 Å². The molecule has 1 aromatic heterocycles. The molecule has 20 heavy (non-hydrogen) atoms. The van der Waals surface area contributed by atoms with Gasteiger partial charge in [0.2, 0.25) is 5.88 Å². The topological polar surface area (TPSA) is 53.5 Å². The Kier molecular flexibility index (Phi) is 5.55. The maximum Gasteiger partial charge on any atom is 0.218 e. The lowest BCUT2D eigenvalue weighted by Crippen LogP contribution is -2.49. The number of nitrogens with one attached hydrogen (secondary N) is 1. The zero-order chi connectivity index (χ0) is 14.4. The van der Waals surface area contributed by atoms with Crippen molar-refractivity contribution < 1.29 is 4.74 Å². The molecule has 0 amide bonds. The molecule has 112 valence electrons. The van der Waals surface area contributed by atoms with Crippen molar-refractivity contribution in [2.24, 2.45) is 0 Å². The van der Waals surface area contributed by atoms with Crippen molar-refractivity contribution in [1.29, 1.82) is 0 Å². The molecule has 0 radical (unpaired) electrons. The molecule has 1 aliphatic heterocycles. The monoisotopic (exact) mass is 279 g/mol. The minimum absolute atomic E-state index is 0.495. The van der Waals surface area contributed by atoms with Crippen LogP contribution in [0.15, 0.2) is 12.4 Å². The molecule has 1 N–H and O–H groups in total. The summed E-state index contributed by atoms with van der Waals surface area (Å²) in [6.45, 7) is 10.3. The Balaban J connectivity index is 1.80. The van der Waals surface area contributed by atoms with Crippen molar-refractivity contribution >= 4 is 5.82 Å². The number of piperazine rings is 1. The smallest absolute Gasteiger partial charge is 0.218 e. The van der Waals surface area contributed by atoms with Gasteiger partial charge >= 0.3 is 0 Å². The van der Waals surface area contributed by atoms with E-state index in [9.17, 15) is 0 Å². The Bertz CT molecular complexity index is 406. The lowest BCUT2D eigenvalue weighted by Gasteiger charge is -2.36. The fourth-order valence-electron chi connectivity index (χ4n) is 2.31. The lowest BCUT2D eigenvalue weighted by molar-refractivity contribution is 0.123. The maximum atomic E-state index is 5.37. The summed E-state index contributed by atoms with van der Waals surface area (Å²) in [7, 11) is 2.18. The van der Waals surface area contributed by atoms with Crippen LogP contribution in [-0.4, -0.2) is 72.2 Å². The lowest BCUT2D eigenvalue weighted by atomic mass is 10.2. The molecule has 0 aliphatic carbocycles. The Labute approximate surface area is 121 Å². The zero-order valence-corrected chi connectivity index (χ0v) is 12.7. The highest BCUT2D eigenvalue weighted by molar-refractivity contribution is 5.37. The average Bonchev–Trinajstić information content (AvgIpc) is 2.46. The molecule has 1 aliphatic rings. The molecular weight excluding hydrogens is 254 g/mol. The molecule has 0 saturated carbocycles. The van der Waals surface area contributed by atoms with Gasteiger partial charge in [-0.1, -0.05) is 0 Å². The van der Waals surface area contributed by atoms with Crippen molar-refractivity contribution in [1.82, 2.24) is 19.8 Å². The number of likely N-dealkylation sites (N-methyl/N-ethyl adjacent to an activating group) is 1. The van der Waals surface area contributed by atoms with Crippen LogP contribution in [0.2, 0.25) is 0 Å². The van der Waals surface area contributed by atoms with Crippen LogP contribution in [0.25, 0.3) is 0 Å². The van der Waals surface area contributed by atoms with Gasteiger partial charge in [-0.25, -0.2) is 9.97 Å². The number of ether oxygens (including phenoxy) is 1. The summed E-state index contributed by atoms with van der Waals surface area (Å²) in [5, 5.41) is 3.37. The van der Waals surface area contributed by atoms with E-state index in [4.69, 9.17) is 4.74 Å². The molecule has 6 nitrogen and oxygen atoms in total. The minimum atomic E-state index is 0.495. The summed E-state index contributed by atoms with van der Waals surface area (Å²) in [4.78, 5) is 13.2. The first-order valence-electron chi connectivity index (χ1n) is 7.30. The fourth-order valence-corrected chi connectivity index (χ4v) is 2.31. The summed E-state index contributed by atoms with van der Waals surface area (Å²) < 4.78 is 5.37. The van der Waals surface area contributed by atoms with Gasteiger partial charge in [0.25, 0.3) is 0 Å². The third-order valence-corrected chi connectivity index (χ3v) is 3.67. The molecule has 0 aromatic carbocycles. The van der Waals surface area contributed by atoms with E-state index in [1.165, 1.54) is 6.33 Å². The van der Waals surface area contributed by atoms with E-state index in [2.05, 4.69) is 39.1 Å². The third-order valence-electron chi connectivity index (χ3n) is 3.67. The van der Waals surface area contributed by atoms with Gasteiger partial charge in [-0.15, -0.1) is 0 Å². The summed E-state index contributed by atoms with van der Waals surface area (Å²) in [6.07, 6.45) is 1.54. The second kappa shape index (κ2) is 7.40. The largest absolute Gasteiger partial charge is 0.478 e. The second-order valence-corrected chi connectivity index (χ2v) is 5.24. The van der Waals surface area contributed by atoms with Crippen molar-refractivity contribution in [2.45, 2.75) is 19.9 Å². The highest BCUT2D eigenvalue weighted by Crippen LogP contribution is 2.12. The molecule has 1 saturated heterocycles. The number of aromatic nitrogens is 2. The van der Waals surface area contributed by atoms with Crippen molar-refractivity contribution in [3.05, 3.63) is 12.4 Å². The highest BCUT2D eigenvalue weighted by atomic mass is 16.5. The first-order chi connectivity index (χ1) is 9.69. The quantitative estimate of drug-likeness (QED) is 0.836. The molecular formula is C14H25N5O.